The Kier molecular flexibility index (Phi) is 5.90. The average Bonchev–Trinajstić information content (AvgIpc) is 2.63. The number of hydrogen-bond donors (Lipinski definition) is 1. The first-order chi connectivity index (χ1) is 6.83. The number of nitrogens with one attached hydrogen (secondary N) is 1. The summed E-state index contributed by atoms with van der Waals surface area (Å²) in [6.45, 7) is 5.27. The van der Waals surface area contributed by atoms with Crippen LogP contribution in [0, 0.1) is 5.41 Å². The molecule has 1 aliphatic rings. The predicted molar refractivity (Wildman–Crippen MR) is 64.0 cm³/mol. The van der Waals surface area contributed by atoms with Crippen molar-refractivity contribution in [1.29, 1.82) is 0 Å². The molecule has 0 aliphatic carbocycles. The summed E-state index contributed by atoms with van der Waals surface area (Å²) in [6, 6.07) is 0. The average molecular weight is 217 g/mol. The van der Waals surface area contributed by atoms with Crippen molar-refractivity contribution in [2.24, 2.45) is 5.41 Å². The summed E-state index contributed by atoms with van der Waals surface area (Å²) in [5.41, 5.74) is 0.447. The van der Waals surface area contributed by atoms with Gasteiger partial charge in [-0.15, -0.1) is 0 Å². The lowest BCUT2D eigenvalue weighted by molar-refractivity contribution is 0.145. The Morgan fingerprint density at radius 2 is 2.36 bits per heavy atom. The topological polar surface area (TPSA) is 21.3 Å². The molecule has 0 aromatic rings. The van der Waals surface area contributed by atoms with Crippen LogP contribution >= 0.6 is 11.8 Å². The minimum absolute atomic E-state index is 0.447. The van der Waals surface area contributed by atoms with Gasteiger partial charge in [0.25, 0.3) is 0 Å². The third kappa shape index (κ3) is 3.79. The van der Waals surface area contributed by atoms with Crippen LogP contribution in [0.15, 0.2) is 0 Å². The van der Waals surface area contributed by atoms with Crippen molar-refractivity contribution >= 4 is 11.8 Å². The smallest absolute Gasteiger partial charge is 0.0535 e. The van der Waals surface area contributed by atoms with Gasteiger partial charge >= 0.3 is 0 Å². The third-order valence-corrected chi connectivity index (χ3v) is 3.92. The summed E-state index contributed by atoms with van der Waals surface area (Å²) in [4.78, 5) is 0. The molecular weight excluding hydrogens is 194 g/mol. The van der Waals surface area contributed by atoms with Gasteiger partial charge in [-0.3, -0.25) is 0 Å². The van der Waals surface area contributed by atoms with Gasteiger partial charge in [-0.25, -0.2) is 0 Å². The van der Waals surface area contributed by atoms with Crippen LogP contribution < -0.4 is 5.32 Å². The standard InChI is InChI=1S/C11H23NOS/c1-3-14-8-4-5-11(9-12-2)6-7-13-10-11/h12H,3-10H2,1-2H3. The van der Waals surface area contributed by atoms with Crippen molar-refractivity contribution < 1.29 is 4.74 Å². The molecule has 0 spiro atoms. The number of hydrogen-bond acceptors (Lipinski definition) is 3. The Bertz CT molecular complexity index is 146. The Labute approximate surface area is 92.2 Å². The van der Waals surface area contributed by atoms with Crippen molar-refractivity contribution in [2.45, 2.75) is 26.2 Å². The van der Waals surface area contributed by atoms with Crippen LogP contribution in [0.2, 0.25) is 0 Å². The fraction of sp³-hybridized carbons (Fsp3) is 1.00. The first-order valence-electron chi connectivity index (χ1n) is 5.63. The Balaban J connectivity index is 2.21. The lowest BCUT2D eigenvalue weighted by atomic mass is 9.83. The fourth-order valence-electron chi connectivity index (χ4n) is 2.14. The van der Waals surface area contributed by atoms with Crippen LogP contribution in [0.4, 0.5) is 0 Å². The molecule has 1 fully saturated rings. The second-order valence-corrected chi connectivity index (χ2v) is 5.53. The molecule has 0 saturated carbocycles. The van der Waals surface area contributed by atoms with Crippen LogP contribution in [0.3, 0.4) is 0 Å². The molecule has 84 valence electrons. The van der Waals surface area contributed by atoms with Crippen molar-refractivity contribution in [1.82, 2.24) is 5.32 Å². The van der Waals surface area contributed by atoms with Gasteiger partial charge in [0.1, 0.15) is 0 Å². The van der Waals surface area contributed by atoms with Gasteiger partial charge in [0, 0.05) is 18.6 Å². The van der Waals surface area contributed by atoms with E-state index in [1.54, 1.807) is 0 Å². The molecule has 1 heterocycles. The maximum absolute atomic E-state index is 5.52. The second-order valence-electron chi connectivity index (χ2n) is 4.13. The van der Waals surface area contributed by atoms with Crippen LogP contribution in [-0.4, -0.2) is 38.3 Å². The summed E-state index contributed by atoms with van der Waals surface area (Å²) >= 11 is 2.05. The molecule has 1 N–H and O–H groups in total. The molecule has 0 aromatic heterocycles. The zero-order valence-corrected chi connectivity index (χ0v) is 10.3. The minimum Gasteiger partial charge on any atom is -0.381 e. The SMILES string of the molecule is CCSCCCC1(CNC)CCOC1. The fourth-order valence-corrected chi connectivity index (χ4v) is 2.78. The van der Waals surface area contributed by atoms with Crippen molar-refractivity contribution in [3.63, 3.8) is 0 Å². The lowest BCUT2D eigenvalue weighted by Crippen LogP contribution is -2.33. The molecule has 1 atom stereocenters. The lowest BCUT2D eigenvalue weighted by Gasteiger charge is -2.26. The molecule has 1 aliphatic heterocycles. The summed E-state index contributed by atoms with van der Waals surface area (Å²) in [5, 5.41) is 3.30. The largest absolute Gasteiger partial charge is 0.381 e. The Morgan fingerprint density at radius 1 is 1.50 bits per heavy atom. The van der Waals surface area contributed by atoms with Crippen LogP contribution in [0.1, 0.15) is 26.2 Å². The zero-order valence-electron chi connectivity index (χ0n) is 9.47. The monoisotopic (exact) mass is 217 g/mol. The van der Waals surface area contributed by atoms with Gasteiger partial charge in [0.05, 0.1) is 6.61 Å². The van der Waals surface area contributed by atoms with E-state index in [2.05, 4.69) is 12.2 Å². The summed E-state index contributed by atoms with van der Waals surface area (Å²) in [7, 11) is 2.04. The highest BCUT2D eigenvalue weighted by molar-refractivity contribution is 7.99. The van der Waals surface area contributed by atoms with Gasteiger partial charge in [-0.05, 0) is 37.8 Å². The van der Waals surface area contributed by atoms with Crippen LogP contribution in [0.25, 0.3) is 0 Å². The van der Waals surface area contributed by atoms with E-state index in [0.29, 0.717) is 5.41 Å². The van der Waals surface area contributed by atoms with Crippen molar-refractivity contribution in [3.8, 4) is 0 Å². The highest BCUT2D eigenvalue weighted by atomic mass is 32.2. The van der Waals surface area contributed by atoms with E-state index in [0.717, 1.165) is 19.8 Å². The van der Waals surface area contributed by atoms with E-state index in [9.17, 15) is 0 Å². The molecule has 1 saturated heterocycles. The summed E-state index contributed by atoms with van der Waals surface area (Å²) in [6.07, 6.45) is 3.90. The minimum atomic E-state index is 0.447. The third-order valence-electron chi connectivity index (χ3n) is 2.94. The van der Waals surface area contributed by atoms with Gasteiger partial charge in [-0.1, -0.05) is 6.92 Å². The summed E-state index contributed by atoms with van der Waals surface area (Å²) < 4.78 is 5.52. The van der Waals surface area contributed by atoms with E-state index in [1.165, 1.54) is 30.8 Å². The molecule has 14 heavy (non-hydrogen) atoms. The van der Waals surface area contributed by atoms with Crippen molar-refractivity contribution in [3.05, 3.63) is 0 Å². The second kappa shape index (κ2) is 6.70. The maximum Gasteiger partial charge on any atom is 0.0535 e. The highest BCUT2D eigenvalue weighted by Crippen LogP contribution is 2.33. The molecule has 3 heteroatoms. The molecule has 0 aromatic carbocycles. The quantitative estimate of drug-likeness (QED) is 0.660. The van der Waals surface area contributed by atoms with Gasteiger partial charge in [0.15, 0.2) is 0 Å². The van der Waals surface area contributed by atoms with Crippen LogP contribution in [0.5, 0.6) is 0 Å². The van der Waals surface area contributed by atoms with E-state index < -0.39 is 0 Å². The molecule has 0 bridgehead atoms. The van der Waals surface area contributed by atoms with E-state index in [-0.39, 0.29) is 0 Å². The van der Waals surface area contributed by atoms with E-state index in [1.807, 2.05) is 18.8 Å². The zero-order chi connectivity index (χ0) is 10.3. The summed E-state index contributed by atoms with van der Waals surface area (Å²) in [5.74, 6) is 2.55. The first-order valence-corrected chi connectivity index (χ1v) is 6.78. The Morgan fingerprint density at radius 3 is 2.93 bits per heavy atom. The number of ether oxygens (including phenoxy) is 1. The molecule has 2 nitrogen and oxygen atoms in total. The predicted octanol–water partition coefficient (Wildman–Crippen LogP) is 2.15. The van der Waals surface area contributed by atoms with Gasteiger partial charge in [0.2, 0.25) is 0 Å². The number of rotatable bonds is 7. The highest BCUT2D eigenvalue weighted by Gasteiger charge is 2.33. The van der Waals surface area contributed by atoms with E-state index in [4.69, 9.17) is 4.74 Å². The molecule has 1 unspecified atom stereocenters. The molecule has 1 rings (SSSR count). The van der Waals surface area contributed by atoms with Crippen molar-refractivity contribution in [2.75, 3.05) is 38.3 Å². The normalized spacial score (nSPS) is 27.0. The number of thioether (sulfide) groups is 1. The molecule has 0 amide bonds. The van der Waals surface area contributed by atoms with Gasteiger partial charge in [-0.2, -0.15) is 11.8 Å². The van der Waals surface area contributed by atoms with E-state index >= 15 is 0 Å². The van der Waals surface area contributed by atoms with Gasteiger partial charge < -0.3 is 10.1 Å². The molecule has 0 radical (unpaired) electrons. The first kappa shape index (κ1) is 12.3. The molecular formula is C11H23NOS. The maximum atomic E-state index is 5.52. The van der Waals surface area contributed by atoms with Crippen LogP contribution in [-0.2, 0) is 4.74 Å². The Hall–Kier alpha value is 0.270.